The zero-order valence-electron chi connectivity index (χ0n) is 9.32. The number of carbonyl (C=O) groups is 1. The number of aliphatic carboxylic acids is 1. The summed E-state index contributed by atoms with van der Waals surface area (Å²) in [5, 5.41) is 10.9. The summed E-state index contributed by atoms with van der Waals surface area (Å²) < 4.78 is 0. The van der Waals surface area contributed by atoms with Crippen LogP contribution in [0, 0.1) is 13.8 Å². The van der Waals surface area contributed by atoms with E-state index in [4.69, 9.17) is 5.11 Å². The molecule has 0 bridgehead atoms. The lowest BCUT2D eigenvalue weighted by Gasteiger charge is -2.08. The number of benzene rings is 1. The van der Waals surface area contributed by atoms with E-state index in [0.717, 1.165) is 21.9 Å². The van der Waals surface area contributed by atoms with Crippen LogP contribution in [0.15, 0.2) is 24.4 Å². The van der Waals surface area contributed by atoms with Gasteiger partial charge < -0.3 is 5.11 Å². The lowest BCUT2D eigenvalue weighted by molar-refractivity contribution is -0.136. The largest absolute Gasteiger partial charge is 0.481 e. The van der Waals surface area contributed by atoms with Gasteiger partial charge in [0, 0.05) is 11.6 Å². The van der Waals surface area contributed by atoms with Gasteiger partial charge in [-0.25, -0.2) is 0 Å². The molecule has 0 amide bonds. The topological polar surface area (TPSA) is 50.2 Å². The molecule has 0 aliphatic rings. The van der Waals surface area contributed by atoms with Gasteiger partial charge in [-0.15, -0.1) is 0 Å². The summed E-state index contributed by atoms with van der Waals surface area (Å²) in [5.41, 5.74) is 2.87. The molecule has 16 heavy (non-hydrogen) atoms. The maximum Gasteiger partial charge on any atom is 0.309 e. The molecule has 1 aromatic carbocycles. The fourth-order valence-corrected chi connectivity index (χ4v) is 1.97. The summed E-state index contributed by atoms with van der Waals surface area (Å²) in [6.07, 6.45) is 1.65. The summed E-state index contributed by atoms with van der Waals surface area (Å²) in [7, 11) is 0. The highest BCUT2D eigenvalue weighted by atomic mass is 16.4. The number of hydrogen-bond acceptors (Lipinski definition) is 2. The molecule has 0 aliphatic carbocycles. The predicted molar refractivity (Wildman–Crippen MR) is 62.6 cm³/mol. The average Bonchev–Trinajstić information content (AvgIpc) is 2.23. The summed E-state index contributed by atoms with van der Waals surface area (Å²) in [6.45, 7) is 4.00. The molecule has 0 radical (unpaired) electrons. The summed E-state index contributed by atoms with van der Waals surface area (Å²) in [5.74, 6) is -0.846. The summed E-state index contributed by atoms with van der Waals surface area (Å²) >= 11 is 0. The second-order valence-corrected chi connectivity index (χ2v) is 3.95. The van der Waals surface area contributed by atoms with Crippen LogP contribution in [-0.4, -0.2) is 16.1 Å². The van der Waals surface area contributed by atoms with Gasteiger partial charge in [-0.2, -0.15) is 0 Å². The lowest BCUT2D eigenvalue weighted by atomic mass is 9.99. The molecular formula is C13H13NO2. The first-order chi connectivity index (χ1) is 7.59. The van der Waals surface area contributed by atoms with E-state index in [1.54, 1.807) is 6.20 Å². The van der Waals surface area contributed by atoms with E-state index in [9.17, 15) is 4.79 Å². The number of hydrogen-bond donors (Lipinski definition) is 1. The predicted octanol–water partition coefficient (Wildman–Crippen LogP) is 2.48. The highest BCUT2D eigenvalue weighted by Crippen LogP contribution is 2.24. The molecule has 82 valence electrons. The number of aryl methyl sites for hydroxylation is 2. The molecule has 3 nitrogen and oxygen atoms in total. The van der Waals surface area contributed by atoms with E-state index in [1.807, 2.05) is 32.0 Å². The first-order valence-corrected chi connectivity index (χ1v) is 5.15. The molecule has 1 N–H and O–H groups in total. The van der Waals surface area contributed by atoms with Crippen molar-refractivity contribution >= 4 is 16.7 Å². The van der Waals surface area contributed by atoms with Crippen LogP contribution in [-0.2, 0) is 11.2 Å². The Labute approximate surface area is 93.7 Å². The molecule has 0 atom stereocenters. The normalized spacial score (nSPS) is 10.6. The lowest BCUT2D eigenvalue weighted by Crippen LogP contribution is -2.03. The van der Waals surface area contributed by atoms with Gasteiger partial charge in [0.2, 0.25) is 0 Å². The van der Waals surface area contributed by atoms with Gasteiger partial charge in [-0.3, -0.25) is 9.78 Å². The van der Waals surface area contributed by atoms with Crippen LogP contribution in [0.3, 0.4) is 0 Å². The smallest absolute Gasteiger partial charge is 0.309 e. The minimum absolute atomic E-state index is 0.0262. The van der Waals surface area contributed by atoms with Crippen molar-refractivity contribution in [3.63, 3.8) is 0 Å². The molecule has 0 spiro atoms. The second kappa shape index (κ2) is 3.93. The van der Waals surface area contributed by atoms with Crippen LogP contribution in [0.1, 0.15) is 16.8 Å². The van der Waals surface area contributed by atoms with Crippen molar-refractivity contribution in [2.24, 2.45) is 0 Å². The van der Waals surface area contributed by atoms with E-state index in [0.29, 0.717) is 5.69 Å². The number of pyridine rings is 1. The molecule has 0 saturated heterocycles. The van der Waals surface area contributed by atoms with Crippen LogP contribution in [0.4, 0.5) is 0 Å². The number of rotatable bonds is 2. The van der Waals surface area contributed by atoms with Gasteiger partial charge in [0.05, 0.1) is 12.1 Å². The quantitative estimate of drug-likeness (QED) is 0.837. The Morgan fingerprint density at radius 2 is 1.94 bits per heavy atom. The average molecular weight is 215 g/mol. The number of carboxylic acids is 1. The summed E-state index contributed by atoms with van der Waals surface area (Å²) in [6, 6.07) is 5.98. The molecule has 2 aromatic rings. The molecule has 3 heteroatoms. The van der Waals surface area contributed by atoms with Gasteiger partial charge >= 0.3 is 5.97 Å². The van der Waals surface area contributed by atoms with E-state index < -0.39 is 5.97 Å². The molecule has 0 unspecified atom stereocenters. The highest BCUT2D eigenvalue weighted by molar-refractivity contribution is 5.92. The Balaban J connectivity index is 2.75. The van der Waals surface area contributed by atoms with Crippen molar-refractivity contribution < 1.29 is 9.90 Å². The summed E-state index contributed by atoms with van der Waals surface area (Å²) in [4.78, 5) is 14.9. The Kier molecular flexibility index (Phi) is 2.60. The molecule has 1 heterocycles. The van der Waals surface area contributed by atoms with E-state index >= 15 is 0 Å². The van der Waals surface area contributed by atoms with Crippen molar-refractivity contribution in [2.45, 2.75) is 20.3 Å². The number of fused-ring (bicyclic) bond motifs is 1. The van der Waals surface area contributed by atoms with Crippen molar-refractivity contribution in [1.29, 1.82) is 0 Å². The number of nitrogens with zero attached hydrogens (tertiary/aromatic N) is 1. The Morgan fingerprint density at radius 3 is 2.62 bits per heavy atom. The van der Waals surface area contributed by atoms with Gasteiger partial charge in [0.25, 0.3) is 0 Å². The standard InChI is InChI=1S/C13H13NO2/c1-8-3-4-9(2)13-10(8)5-6-14-11(13)7-12(15)16/h3-6H,7H2,1-2H3,(H,15,16). The zero-order chi connectivity index (χ0) is 11.7. The van der Waals surface area contributed by atoms with Crippen LogP contribution in [0.2, 0.25) is 0 Å². The van der Waals surface area contributed by atoms with Crippen LogP contribution >= 0.6 is 0 Å². The molecule has 0 aliphatic heterocycles. The fraction of sp³-hybridized carbons (Fsp3) is 0.231. The van der Waals surface area contributed by atoms with Crippen LogP contribution in [0.25, 0.3) is 10.8 Å². The Morgan fingerprint density at radius 1 is 1.25 bits per heavy atom. The van der Waals surface area contributed by atoms with Gasteiger partial charge in [0.1, 0.15) is 0 Å². The second-order valence-electron chi connectivity index (χ2n) is 3.95. The fourth-order valence-electron chi connectivity index (χ4n) is 1.97. The van der Waals surface area contributed by atoms with Crippen molar-refractivity contribution in [2.75, 3.05) is 0 Å². The van der Waals surface area contributed by atoms with Crippen molar-refractivity contribution in [3.05, 3.63) is 41.2 Å². The third-order valence-electron chi connectivity index (χ3n) is 2.75. The third kappa shape index (κ3) is 1.76. The number of carboxylic acid groups (broad SMARTS) is 1. The Bertz CT molecular complexity index is 561. The maximum absolute atomic E-state index is 10.8. The SMILES string of the molecule is Cc1ccc(C)c2c(CC(=O)O)nccc12. The highest BCUT2D eigenvalue weighted by Gasteiger charge is 2.09. The number of aromatic nitrogens is 1. The first kappa shape index (κ1) is 10.6. The van der Waals surface area contributed by atoms with Gasteiger partial charge in [-0.1, -0.05) is 12.1 Å². The first-order valence-electron chi connectivity index (χ1n) is 5.15. The molecular weight excluding hydrogens is 202 g/mol. The Hall–Kier alpha value is -1.90. The molecule has 0 saturated carbocycles. The van der Waals surface area contributed by atoms with Crippen LogP contribution < -0.4 is 0 Å². The monoisotopic (exact) mass is 215 g/mol. The van der Waals surface area contributed by atoms with E-state index in [1.165, 1.54) is 0 Å². The minimum atomic E-state index is -0.846. The third-order valence-corrected chi connectivity index (χ3v) is 2.75. The molecule has 2 rings (SSSR count). The van der Waals surface area contributed by atoms with E-state index in [-0.39, 0.29) is 6.42 Å². The van der Waals surface area contributed by atoms with Crippen LogP contribution in [0.5, 0.6) is 0 Å². The minimum Gasteiger partial charge on any atom is -0.481 e. The molecule has 0 fully saturated rings. The van der Waals surface area contributed by atoms with E-state index in [2.05, 4.69) is 4.98 Å². The zero-order valence-corrected chi connectivity index (χ0v) is 9.32. The molecule has 1 aromatic heterocycles. The van der Waals surface area contributed by atoms with Crippen molar-refractivity contribution in [3.8, 4) is 0 Å². The van der Waals surface area contributed by atoms with Crippen molar-refractivity contribution in [1.82, 2.24) is 4.98 Å². The van der Waals surface area contributed by atoms with Gasteiger partial charge in [-0.05, 0) is 36.4 Å². The van der Waals surface area contributed by atoms with Gasteiger partial charge in [0.15, 0.2) is 0 Å². The maximum atomic E-state index is 10.8.